The fourth-order valence-electron chi connectivity index (χ4n) is 3.33. The van der Waals surface area contributed by atoms with Gasteiger partial charge in [0.25, 0.3) is 11.8 Å². The molecule has 4 rings (SSSR count). The van der Waals surface area contributed by atoms with Gasteiger partial charge in [-0.3, -0.25) is 15.0 Å². The summed E-state index contributed by atoms with van der Waals surface area (Å²) in [5.74, 6) is -0.348. The highest BCUT2D eigenvalue weighted by Gasteiger charge is 2.46. The van der Waals surface area contributed by atoms with E-state index >= 15 is 0 Å². The summed E-state index contributed by atoms with van der Waals surface area (Å²) in [6, 6.07) is 25.8. The smallest absolute Gasteiger partial charge is 0.279 e. The zero-order valence-electron chi connectivity index (χ0n) is 17.2. The third kappa shape index (κ3) is 4.18. The number of amidine groups is 1. The number of benzene rings is 3. The van der Waals surface area contributed by atoms with Crippen molar-refractivity contribution < 1.29 is 9.59 Å². The first kappa shape index (κ1) is 20.7. The van der Waals surface area contributed by atoms with E-state index in [0.29, 0.717) is 16.4 Å². The molecule has 0 aromatic heterocycles. The van der Waals surface area contributed by atoms with Crippen molar-refractivity contribution in [1.82, 2.24) is 5.01 Å². The van der Waals surface area contributed by atoms with E-state index in [2.05, 4.69) is 10.7 Å². The molecule has 0 saturated carbocycles. The normalized spacial score (nSPS) is 17.9. The quantitative estimate of drug-likeness (QED) is 0.613. The molecule has 3 aromatic carbocycles. The topological polar surface area (TPSA) is 73.8 Å². The Kier molecular flexibility index (Phi) is 5.77. The first-order chi connectivity index (χ1) is 15.0. The van der Waals surface area contributed by atoms with Crippen molar-refractivity contribution in [3.05, 3.63) is 96.1 Å². The van der Waals surface area contributed by atoms with Crippen LogP contribution in [0.2, 0.25) is 0 Å². The van der Waals surface area contributed by atoms with Gasteiger partial charge in [-0.1, -0.05) is 60.3 Å². The van der Waals surface area contributed by atoms with Crippen LogP contribution in [0.15, 0.2) is 89.9 Å². The fourth-order valence-corrected chi connectivity index (χ4v) is 3.91. The minimum atomic E-state index is -1.05. The Morgan fingerprint density at radius 1 is 0.903 bits per heavy atom. The van der Waals surface area contributed by atoms with E-state index in [-0.39, 0.29) is 11.8 Å². The van der Waals surface area contributed by atoms with Crippen LogP contribution in [-0.2, 0) is 10.3 Å². The summed E-state index contributed by atoms with van der Waals surface area (Å²) < 4.78 is 0. The molecule has 0 radical (unpaired) electrons. The number of thioether (sulfide) groups is 1. The molecule has 7 heteroatoms. The molecule has 0 saturated heterocycles. The lowest BCUT2D eigenvalue weighted by Crippen LogP contribution is -2.42. The molecular formula is C24H22N4O2S. The molecule has 0 bridgehead atoms. The Labute approximate surface area is 185 Å². The summed E-state index contributed by atoms with van der Waals surface area (Å²) in [5.41, 5.74) is 4.89. The molecule has 31 heavy (non-hydrogen) atoms. The number of carbonyl (C=O) groups is 2. The van der Waals surface area contributed by atoms with Gasteiger partial charge in [0.05, 0.1) is 5.69 Å². The largest absolute Gasteiger partial charge is 0.322 e. The molecule has 1 heterocycles. The predicted molar refractivity (Wildman–Crippen MR) is 126 cm³/mol. The zero-order valence-corrected chi connectivity index (χ0v) is 18.0. The van der Waals surface area contributed by atoms with Crippen LogP contribution >= 0.6 is 11.8 Å². The van der Waals surface area contributed by atoms with E-state index in [1.807, 2.05) is 66.9 Å². The van der Waals surface area contributed by atoms with Gasteiger partial charge in [-0.2, -0.15) is 5.01 Å². The molecule has 0 fully saturated rings. The number of nitrogens with one attached hydrogen (secondary N) is 2. The lowest BCUT2D eigenvalue weighted by molar-refractivity contribution is -0.129. The number of amides is 2. The highest BCUT2D eigenvalue weighted by atomic mass is 32.2. The number of aliphatic imine (C=N–C) groups is 1. The van der Waals surface area contributed by atoms with Crippen LogP contribution in [0.4, 0.5) is 11.4 Å². The average molecular weight is 431 g/mol. The Morgan fingerprint density at radius 2 is 1.52 bits per heavy atom. The maximum Gasteiger partial charge on any atom is 0.279 e. The van der Waals surface area contributed by atoms with Gasteiger partial charge < -0.3 is 5.32 Å². The SMILES string of the molecule is CSC1=NC(C)(c2ccc(NC(=O)c3ccccc3)cc2)C(=O)N1Nc1ccccc1. The van der Waals surface area contributed by atoms with Gasteiger partial charge in [0.2, 0.25) is 0 Å². The summed E-state index contributed by atoms with van der Waals surface area (Å²) in [7, 11) is 0. The van der Waals surface area contributed by atoms with Gasteiger partial charge in [-0.05, 0) is 55.1 Å². The monoisotopic (exact) mass is 430 g/mol. The Bertz CT molecular complexity index is 1120. The first-order valence-electron chi connectivity index (χ1n) is 9.78. The van der Waals surface area contributed by atoms with E-state index in [0.717, 1.165) is 11.3 Å². The molecule has 156 valence electrons. The Hall–Kier alpha value is -3.58. The lowest BCUT2D eigenvalue weighted by atomic mass is 9.92. The van der Waals surface area contributed by atoms with Crippen LogP contribution in [0.5, 0.6) is 0 Å². The molecule has 0 aliphatic carbocycles. The van der Waals surface area contributed by atoms with E-state index in [1.54, 1.807) is 31.2 Å². The minimum absolute atomic E-state index is 0.165. The van der Waals surface area contributed by atoms with Crippen LogP contribution in [0, 0.1) is 0 Å². The third-order valence-corrected chi connectivity index (χ3v) is 5.71. The number of nitrogens with zero attached hydrogens (tertiary/aromatic N) is 2. The number of hydrogen-bond donors (Lipinski definition) is 2. The second-order valence-corrected chi connectivity index (χ2v) is 7.96. The molecule has 3 aromatic rings. The van der Waals surface area contributed by atoms with Crippen LogP contribution < -0.4 is 10.7 Å². The van der Waals surface area contributed by atoms with E-state index < -0.39 is 5.54 Å². The number of para-hydroxylation sites is 1. The molecule has 1 aliphatic heterocycles. The Balaban J connectivity index is 1.53. The van der Waals surface area contributed by atoms with Gasteiger partial charge in [-0.25, -0.2) is 4.99 Å². The summed E-state index contributed by atoms with van der Waals surface area (Å²) in [4.78, 5) is 30.4. The molecule has 6 nitrogen and oxygen atoms in total. The summed E-state index contributed by atoms with van der Waals surface area (Å²) in [6.45, 7) is 1.80. The zero-order chi connectivity index (χ0) is 21.8. The number of carbonyl (C=O) groups excluding carboxylic acids is 2. The number of rotatable bonds is 5. The summed E-state index contributed by atoms with van der Waals surface area (Å²) in [6.07, 6.45) is 1.89. The van der Waals surface area contributed by atoms with Gasteiger partial charge in [0.1, 0.15) is 0 Å². The molecule has 2 N–H and O–H groups in total. The van der Waals surface area contributed by atoms with Crippen molar-refractivity contribution >= 4 is 40.1 Å². The van der Waals surface area contributed by atoms with E-state index in [9.17, 15) is 9.59 Å². The molecule has 0 spiro atoms. The van der Waals surface area contributed by atoms with Crippen molar-refractivity contribution in [3.63, 3.8) is 0 Å². The van der Waals surface area contributed by atoms with Crippen LogP contribution in [0.1, 0.15) is 22.8 Å². The second kappa shape index (κ2) is 8.65. The van der Waals surface area contributed by atoms with Gasteiger partial charge in [-0.15, -0.1) is 0 Å². The first-order valence-corrected chi connectivity index (χ1v) is 11.0. The lowest BCUT2D eigenvalue weighted by Gasteiger charge is -2.24. The molecule has 2 amide bonds. The number of anilines is 2. The fraction of sp³-hybridized carbons (Fsp3) is 0.125. The maximum absolute atomic E-state index is 13.3. The summed E-state index contributed by atoms with van der Waals surface area (Å²) in [5, 5.41) is 4.96. The van der Waals surface area contributed by atoms with Crippen LogP contribution in [-0.4, -0.2) is 28.2 Å². The van der Waals surface area contributed by atoms with Crippen LogP contribution in [0.3, 0.4) is 0 Å². The van der Waals surface area contributed by atoms with Crippen molar-refractivity contribution in [2.75, 3.05) is 17.0 Å². The van der Waals surface area contributed by atoms with Crippen molar-refractivity contribution in [2.24, 2.45) is 4.99 Å². The Morgan fingerprint density at radius 3 is 2.13 bits per heavy atom. The second-order valence-electron chi connectivity index (χ2n) is 7.19. The van der Waals surface area contributed by atoms with Crippen molar-refractivity contribution in [1.29, 1.82) is 0 Å². The van der Waals surface area contributed by atoms with E-state index in [1.165, 1.54) is 16.8 Å². The van der Waals surface area contributed by atoms with Gasteiger partial charge in [0, 0.05) is 11.3 Å². The minimum Gasteiger partial charge on any atom is -0.322 e. The standard InChI is InChI=1S/C24H22N4O2S/c1-24(22(30)28(23(26-24)31-2)27-20-11-7-4-8-12-20)18-13-15-19(16-14-18)25-21(29)17-9-5-3-6-10-17/h3-16,27H,1-2H3,(H,25,29). The number of hydrazine groups is 1. The van der Waals surface area contributed by atoms with Gasteiger partial charge >= 0.3 is 0 Å². The van der Waals surface area contributed by atoms with E-state index in [4.69, 9.17) is 4.99 Å². The maximum atomic E-state index is 13.3. The third-order valence-electron chi connectivity index (χ3n) is 5.07. The molecule has 1 aliphatic rings. The highest BCUT2D eigenvalue weighted by molar-refractivity contribution is 8.13. The summed E-state index contributed by atoms with van der Waals surface area (Å²) >= 11 is 1.41. The van der Waals surface area contributed by atoms with Crippen LogP contribution in [0.25, 0.3) is 0 Å². The number of hydrogen-bond acceptors (Lipinski definition) is 5. The highest BCUT2D eigenvalue weighted by Crippen LogP contribution is 2.36. The van der Waals surface area contributed by atoms with Gasteiger partial charge in [0.15, 0.2) is 10.7 Å². The average Bonchev–Trinajstić information content (AvgIpc) is 3.06. The van der Waals surface area contributed by atoms with Crippen molar-refractivity contribution in [2.45, 2.75) is 12.5 Å². The molecule has 1 atom stereocenters. The predicted octanol–water partition coefficient (Wildman–Crippen LogP) is 4.74. The van der Waals surface area contributed by atoms with Crippen molar-refractivity contribution in [3.8, 4) is 0 Å². The molecule has 1 unspecified atom stereocenters. The molecular weight excluding hydrogens is 408 g/mol.